The molecule has 0 aliphatic carbocycles. The van der Waals surface area contributed by atoms with E-state index in [9.17, 15) is 0 Å². The fourth-order valence-corrected chi connectivity index (χ4v) is 2.17. The molecule has 0 saturated carbocycles. The van der Waals surface area contributed by atoms with Gasteiger partial charge in [0.1, 0.15) is 5.37 Å². The summed E-state index contributed by atoms with van der Waals surface area (Å²) in [6, 6.07) is 0. The molecule has 0 aromatic rings. The minimum atomic E-state index is 0.505. The fourth-order valence-electron chi connectivity index (χ4n) is 1.11. The van der Waals surface area contributed by atoms with Crippen LogP contribution in [0.25, 0.3) is 0 Å². The molecule has 2 aliphatic heterocycles. The van der Waals surface area contributed by atoms with E-state index < -0.39 is 0 Å². The van der Waals surface area contributed by atoms with Crippen LogP contribution in [0.1, 0.15) is 6.92 Å². The molecule has 2 heterocycles. The summed E-state index contributed by atoms with van der Waals surface area (Å²) in [6.45, 7) is 2.14. The van der Waals surface area contributed by atoms with Gasteiger partial charge in [0.05, 0.1) is 0 Å². The van der Waals surface area contributed by atoms with Gasteiger partial charge in [-0.15, -0.1) is 11.8 Å². The van der Waals surface area contributed by atoms with Gasteiger partial charge < -0.3 is 0 Å². The largest absolute Gasteiger partial charge is 0.296 e. The average molecular weight is 140 g/mol. The maximum atomic E-state index is 3.96. The van der Waals surface area contributed by atoms with Crippen molar-refractivity contribution in [1.82, 2.24) is 5.43 Å². The van der Waals surface area contributed by atoms with Crippen molar-refractivity contribution in [3.8, 4) is 0 Å². The van der Waals surface area contributed by atoms with E-state index in [2.05, 4.69) is 23.5 Å². The van der Waals surface area contributed by atoms with Crippen molar-refractivity contribution in [2.24, 2.45) is 11.0 Å². The second-order valence-electron chi connectivity index (χ2n) is 2.30. The van der Waals surface area contributed by atoms with Crippen molar-refractivity contribution >= 4 is 18.0 Å². The van der Waals surface area contributed by atoms with Crippen LogP contribution >= 0.6 is 11.8 Å². The molecule has 1 N–H and O–H groups in total. The number of thioether (sulfide) groups is 1. The number of hydrogen-bond donors (Lipinski definition) is 1. The van der Waals surface area contributed by atoms with Crippen LogP contribution in [0.15, 0.2) is 16.1 Å². The Hall–Kier alpha value is -0.440. The van der Waals surface area contributed by atoms with E-state index in [4.69, 9.17) is 0 Å². The maximum Gasteiger partial charge on any atom is 0.105 e. The first-order valence-corrected chi connectivity index (χ1v) is 3.88. The topological polar surface area (TPSA) is 24.4 Å². The average Bonchev–Trinajstić information content (AvgIpc) is 2.22. The molecule has 0 saturated heterocycles. The number of hydrogen-bond acceptors (Lipinski definition) is 3. The third-order valence-corrected chi connectivity index (χ3v) is 2.72. The predicted octanol–water partition coefficient (Wildman–Crippen LogP) is 1.17. The summed E-state index contributed by atoms with van der Waals surface area (Å²) < 4.78 is 0. The molecule has 48 valence electrons. The summed E-state index contributed by atoms with van der Waals surface area (Å²) in [6.07, 6.45) is 4.22. The zero-order valence-corrected chi connectivity index (χ0v) is 5.98. The van der Waals surface area contributed by atoms with Gasteiger partial charge in [-0.25, -0.2) is 0 Å². The molecular formula is C6H8N2S. The lowest BCUT2D eigenvalue weighted by molar-refractivity contribution is 0.706. The van der Waals surface area contributed by atoms with Gasteiger partial charge in [0.2, 0.25) is 0 Å². The van der Waals surface area contributed by atoms with Crippen LogP contribution in [0.5, 0.6) is 0 Å². The first-order valence-electron chi connectivity index (χ1n) is 3.00. The number of allylic oxidation sites excluding steroid dienone is 1. The van der Waals surface area contributed by atoms with Crippen LogP contribution in [0.4, 0.5) is 0 Å². The van der Waals surface area contributed by atoms with Crippen LogP contribution in [0, 0.1) is 5.92 Å². The lowest BCUT2D eigenvalue weighted by Gasteiger charge is -2.04. The Morgan fingerprint density at radius 2 is 2.67 bits per heavy atom. The number of nitrogens with one attached hydrogen (secondary N) is 1. The second kappa shape index (κ2) is 1.77. The van der Waals surface area contributed by atoms with Crippen LogP contribution < -0.4 is 5.43 Å². The van der Waals surface area contributed by atoms with Crippen LogP contribution in [0.3, 0.4) is 0 Å². The predicted molar refractivity (Wildman–Crippen MR) is 40.3 cm³/mol. The van der Waals surface area contributed by atoms with E-state index in [0.29, 0.717) is 11.3 Å². The molecule has 0 bridgehead atoms. The lowest BCUT2D eigenvalue weighted by atomic mass is 10.2. The zero-order chi connectivity index (χ0) is 6.27. The molecule has 2 nitrogen and oxygen atoms in total. The molecule has 0 aromatic heterocycles. The third kappa shape index (κ3) is 0.758. The van der Waals surface area contributed by atoms with Crippen molar-refractivity contribution in [2.45, 2.75) is 12.3 Å². The molecule has 0 fully saturated rings. The van der Waals surface area contributed by atoms with Crippen molar-refractivity contribution in [3.63, 3.8) is 0 Å². The van der Waals surface area contributed by atoms with E-state index in [0.717, 1.165) is 0 Å². The maximum absolute atomic E-state index is 3.96. The molecule has 2 aliphatic rings. The molecule has 0 aromatic carbocycles. The standard InChI is InChI=1S/C6H8N2S/c1-4-2-5-3-7-8-6(5)9-4/h2-3,5-6,8H,1H3/t5-,6-/m0/s1. The molecule has 3 heteroatoms. The minimum Gasteiger partial charge on any atom is -0.296 e. The highest BCUT2D eigenvalue weighted by atomic mass is 32.2. The summed E-state index contributed by atoms with van der Waals surface area (Å²) in [5, 5.41) is 4.47. The first-order chi connectivity index (χ1) is 4.36. The normalized spacial score (nSPS) is 38.1. The van der Waals surface area contributed by atoms with E-state index in [1.807, 2.05) is 18.0 Å². The molecule has 0 radical (unpaired) electrons. The number of fused-ring (bicyclic) bond motifs is 1. The Labute approximate surface area is 58.4 Å². The summed E-state index contributed by atoms with van der Waals surface area (Å²) in [5.41, 5.74) is 3.03. The fraction of sp³-hybridized carbons (Fsp3) is 0.500. The van der Waals surface area contributed by atoms with Crippen molar-refractivity contribution in [1.29, 1.82) is 0 Å². The van der Waals surface area contributed by atoms with Crippen molar-refractivity contribution < 1.29 is 0 Å². The van der Waals surface area contributed by atoms with Crippen LogP contribution in [-0.4, -0.2) is 11.6 Å². The van der Waals surface area contributed by atoms with Gasteiger partial charge >= 0.3 is 0 Å². The monoisotopic (exact) mass is 140 g/mol. The molecule has 9 heavy (non-hydrogen) atoms. The van der Waals surface area contributed by atoms with Gasteiger partial charge in [-0.2, -0.15) is 5.10 Å². The van der Waals surface area contributed by atoms with Crippen molar-refractivity contribution in [2.75, 3.05) is 0 Å². The Morgan fingerprint density at radius 3 is 3.44 bits per heavy atom. The molecule has 0 amide bonds. The summed E-state index contributed by atoms with van der Waals surface area (Å²) in [7, 11) is 0. The third-order valence-electron chi connectivity index (χ3n) is 1.54. The summed E-state index contributed by atoms with van der Waals surface area (Å²) >= 11 is 1.86. The van der Waals surface area contributed by atoms with Gasteiger partial charge in [-0.1, -0.05) is 6.08 Å². The number of hydrazone groups is 1. The highest BCUT2D eigenvalue weighted by Gasteiger charge is 2.27. The van der Waals surface area contributed by atoms with Crippen molar-refractivity contribution in [3.05, 3.63) is 11.0 Å². The van der Waals surface area contributed by atoms with Gasteiger partial charge in [0, 0.05) is 12.1 Å². The molecule has 0 spiro atoms. The molecule has 0 unspecified atom stereocenters. The van der Waals surface area contributed by atoms with Gasteiger partial charge in [-0.3, -0.25) is 5.43 Å². The van der Waals surface area contributed by atoms with E-state index in [1.54, 1.807) is 0 Å². The second-order valence-corrected chi connectivity index (χ2v) is 3.69. The molecular weight excluding hydrogens is 132 g/mol. The Balaban J connectivity index is 2.21. The first kappa shape index (κ1) is 5.35. The number of nitrogens with zero attached hydrogens (tertiary/aromatic N) is 1. The Bertz CT molecular complexity index is 185. The van der Waals surface area contributed by atoms with Gasteiger partial charge in [0.25, 0.3) is 0 Å². The Kier molecular flexibility index (Phi) is 1.05. The van der Waals surface area contributed by atoms with Gasteiger partial charge in [-0.05, 0) is 11.8 Å². The Morgan fingerprint density at radius 1 is 1.78 bits per heavy atom. The smallest absolute Gasteiger partial charge is 0.105 e. The van der Waals surface area contributed by atoms with E-state index in [-0.39, 0.29) is 0 Å². The van der Waals surface area contributed by atoms with Crippen LogP contribution in [-0.2, 0) is 0 Å². The summed E-state index contributed by atoms with van der Waals surface area (Å²) in [4.78, 5) is 1.41. The lowest BCUT2D eigenvalue weighted by Crippen LogP contribution is -2.18. The number of rotatable bonds is 0. The SMILES string of the molecule is CC1=C[C@H]2C=NN[C@H]2S1. The molecule has 2 rings (SSSR count). The minimum absolute atomic E-state index is 0.505. The van der Waals surface area contributed by atoms with E-state index >= 15 is 0 Å². The summed E-state index contributed by atoms with van der Waals surface area (Å²) in [5.74, 6) is 0.551. The quantitative estimate of drug-likeness (QED) is 0.546. The van der Waals surface area contributed by atoms with Crippen LogP contribution in [0.2, 0.25) is 0 Å². The highest BCUT2D eigenvalue weighted by Crippen LogP contribution is 2.35. The van der Waals surface area contributed by atoms with Gasteiger partial charge in [0.15, 0.2) is 0 Å². The molecule has 2 atom stereocenters. The highest BCUT2D eigenvalue weighted by molar-refractivity contribution is 8.03. The zero-order valence-electron chi connectivity index (χ0n) is 5.16. The van der Waals surface area contributed by atoms with E-state index in [1.165, 1.54) is 4.91 Å².